The van der Waals surface area contributed by atoms with E-state index in [1.54, 1.807) is 0 Å². The van der Waals surface area contributed by atoms with Gasteiger partial charge in [-0.15, -0.1) is 0 Å². The second-order valence-corrected chi connectivity index (χ2v) is 4.02. The maximum absolute atomic E-state index is 11.0. The molecule has 0 saturated carbocycles. The molecule has 0 aliphatic rings. The third-order valence-corrected chi connectivity index (χ3v) is 2.71. The predicted molar refractivity (Wildman–Crippen MR) is 42.6 cm³/mol. The third kappa shape index (κ3) is 3.16. The number of carbonyl (C=O) groups excluding carboxylic acids is 1. The molecule has 1 N–H and O–H groups in total. The maximum atomic E-state index is 11.0. The van der Waals surface area contributed by atoms with Gasteiger partial charge in [-0.2, -0.15) is 12.7 Å². The molecular formula is C5H12N2O4S. The highest BCUT2D eigenvalue weighted by atomic mass is 32.2. The lowest BCUT2D eigenvalue weighted by atomic mass is 10.7. The number of nitrogens with zero attached hydrogens (tertiary/aromatic N) is 1. The zero-order valence-electron chi connectivity index (χ0n) is 7.20. The molecule has 6 nitrogen and oxygen atoms in total. The van der Waals surface area contributed by atoms with Gasteiger partial charge in [0.15, 0.2) is 0 Å². The zero-order valence-corrected chi connectivity index (χ0v) is 8.01. The second-order valence-electron chi connectivity index (χ2n) is 2.04. The summed E-state index contributed by atoms with van der Waals surface area (Å²) < 4.78 is 29.1. The molecule has 0 aromatic carbocycles. The van der Waals surface area contributed by atoms with E-state index in [0.717, 1.165) is 4.31 Å². The van der Waals surface area contributed by atoms with E-state index >= 15 is 0 Å². The zero-order chi connectivity index (χ0) is 9.78. The van der Waals surface area contributed by atoms with Gasteiger partial charge in [-0.1, -0.05) is 0 Å². The van der Waals surface area contributed by atoms with Crippen molar-refractivity contribution < 1.29 is 17.9 Å². The summed E-state index contributed by atoms with van der Waals surface area (Å²) in [5.74, 6) is -0.601. The van der Waals surface area contributed by atoms with Crippen LogP contribution in [0.25, 0.3) is 0 Å². The Bertz CT molecular complexity index is 248. The molecule has 0 fully saturated rings. The van der Waals surface area contributed by atoms with Gasteiger partial charge in [0.1, 0.15) is 6.54 Å². The van der Waals surface area contributed by atoms with Gasteiger partial charge < -0.3 is 4.74 Å². The SMILES string of the molecule is CNS(=O)(=O)N(C)CC(=O)OC. The van der Waals surface area contributed by atoms with Crippen LogP contribution in [-0.2, 0) is 19.7 Å². The Morgan fingerprint density at radius 2 is 2.08 bits per heavy atom. The topological polar surface area (TPSA) is 75.7 Å². The average Bonchev–Trinajstić information content (AvgIpc) is 2.04. The van der Waals surface area contributed by atoms with Gasteiger partial charge in [-0.05, 0) is 0 Å². The summed E-state index contributed by atoms with van der Waals surface area (Å²) >= 11 is 0. The molecule has 0 unspecified atom stereocenters. The van der Waals surface area contributed by atoms with Crippen LogP contribution < -0.4 is 4.72 Å². The first kappa shape index (κ1) is 11.3. The van der Waals surface area contributed by atoms with Crippen molar-refractivity contribution in [3.8, 4) is 0 Å². The fraction of sp³-hybridized carbons (Fsp3) is 0.800. The van der Waals surface area contributed by atoms with Crippen molar-refractivity contribution in [1.29, 1.82) is 0 Å². The smallest absolute Gasteiger partial charge is 0.321 e. The van der Waals surface area contributed by atoms with E-state index in [4.69, 9.17) is 0 Å². The van der Waals surface area contributed by atoms with Gasteiger partial charge in [-0.25, -0.2) is 4.72 Å². The summed E-state index contributed by atoms with van der Waals surface area (Å²) in [7, 11) is 0.223. The minimum absolute atomic E-state index is 0.292. The molecule has 0 bridgehead atoms. The number of likely N-dealkylation sites (N-methyl/N-ethyl adjacent to an activating group) is 1. The number of methoxy groups -OCH3 is 1. The largest absolute Gasteiger partial charge is 0.468 e. The minimum atomic E-state index is -3.52. The molecule has 0 rings (SSSR count). The lowest BCUT2D eigenvalue weighted by molar-refractivity contribution is -0.140. The van der Waals surface area contributed by atoms with Crippen molar-refractivity contribution in [2.45, 2.75) is 0 Å². The molecule has 12 heavy (non-hydrogen) atoms. The summed E-state index contributed by atoms with van der Waals surface area (Å²) in [5.41, 5.74) is 0. The highest BCUT2D eigenvalue weighted by molar-refractivity contribution is 7.87. The number of hydrogen-bond donors (Lipinski definition) is 1. The Morgan fingerprint density at radius 3 is 2.42 bits per heavy atom. The van der Waals surface area contributed by atoms with Crippen molar-refractivity contribution in [2.75, 3.05) is 27.7 Å². The van der Waals surface area contributed by atoms with E-state index in [2.05, 4.69) is 9.46 Å². The van der Waals surface area contributed by atoms with Crippen LogP contribution in [0.5, 0.6) is 0 Å². The van der Waals surface area contributed by atoms with Gasteiger partial charge in [-0.3, -0.25) is 4.79 Å². The van der Waals surface area contributed by atoms with Crippen LogP contribution in [0.2, 0.25) is 0 Å². The number of rotatable bonds is 4. The summed E-state index contributed by atoms with van der Waals surface area (Å²) in [4.78, 5) is 10.6. The summed E-state index contributed by atoms with van der Waals surface area (Å²) in [5, 5.41) is 0. The van der Waals surface area contributed by atoms with E-state index in [9.17, 15) is 13.2 Å². The fourth-order valence-electron chi connectivity index (χ4n) is 0.487. The summed E-state index contributed by atoms with van der Waals surface area (Å²) in [6.45, 7) is -0.292. The van der Waals surface area contributed by atoms with Gasteiger partial charge >= 0.3 is 5.97 Å². The van der Waals surface area contributed by atoms with Crippen molar-refractivity contribution in [3.63, 3.8) is 0 Å². The van der Waals surface area contributed by atoms with Gasteiger partial charge in [0.05, 0.1) is 7.11 Å². The minimum Gasteiger partial charge on any atom is -0.468 e. The van der Waals surface area contributed by atoms with Crippen molar-refractivity contribution in [3.05, 3.63) is 0 Å². The number of carbonyl (C=O) groups is 1. The highest BCUT2D eigenvalue weighted by Crippen LogP contribution is 1.91. The van der Waals surface area contributed by atoms with E-state index < -0.39 is 16.2 Å². The second kappa shape index (κ2) is 4.39. The Kier molecular flexibility index (Phi) is 4.15. The molecule has 0 amide bonds. The molecule has 72 valence electrons. The van der Waals surface area contributed by atoms with Crippen LogP contribution in [0.3, 0.4) is 0 Å². The summed E-state index contributed by atoms with van der Waals surface area (Å²) in [6, 6.07) is 0. The van der Waals surface area contributed by atoms with Crippen molar-refractivity contribution in [1.82, 2.24) is 9.03 Å². The van der Waals surface area contributed by atoms with Crippen molar-refractivity contribution in [2.24, 2.45) is 0 Å². The Hall–Kier alpha value is -0.660. The average molecular weight is 196 g/mol. The molecular weight excluding hydrogens is 184 g/mol. The van der Waals surface area contributed by atoms with Crippen LogP contribution >= 0.6 is 0 Å². The third-order valence-electron chi connectivity index (χ3n) is 1.25. The standard InChI is InChI=1S/C5H12N2O4S/c1-6-12(9,10)7(2)4-5(8)11-3/h6H,4H2,1-3H3. The first-order chi connectivity index (χ1) is 5.44. The van der Waals surface area contributed by atoms with E-state index in [1.165, 1.54) is 21.2 Å². The maximum Gasteiger partial charge on any atom is 0.321 e. The molecule has 0 aromatic heterocycles. The van der Waals surface area contributed by atoms with Crippen LogP contribution in [-0.4, -0.2) is 46.4 Å². The monoisotopic (exact) mass is 196 g/mol. The Balaban J connectivity index is 4.23. The molecule has 0 aliphatic heterocycles. The lowest BCUT2D eigenvalue weighted by Gasteiger charge is -2.13. The van der Waals surface area contributed by atoms with Gasteiger partial charge in [0.25, 0.3) is 10.2 Å². The fourth-order valence-corrected chi connectivity index (χ4v) is 1.07. The Morgan fingerprint density at radius 1 is 1.58 bits per heavy atom. The molecule has 7 heteroatoms. The number of ether oxygens (including phenoxy) is 1. The molecule has 0 atom stereocenters. The summed E-state index contributed by atoms with van der Waals surface area (Å²) in [6.07, 6.45) is 0. The molecule has 0 saturated heterocycles. The quantitative estimate of drug-likeness (QED) is 0.558. The van der Waals surface area contributed by atoms with Crippen LogP contribution in [0.1, 0.15) is 0 Å². The lowest BCUT2D eigenvalue weighted by Crippen LogP contribution is -2.39. The van der Waals surface area contributed by atoms with Gasteiger partial charge in [0, 0.05) is 14.1 Å². The molecule has 0 aromatic rings. The first-order valence-electron chi connectivity index (χ1n) is 3.15. The molecule has 0 aliphatic carbocycles. The van der Waals surface area contributed by atoms with Crippen LogP contribution in [0, 0.1) is 0 Å². The first-order valence-corrected chi connectivity index (χ1v) is 4.59. The van der Waals surface area contributed by atoms with Crippen LogP contribution in [0.15, 0.2) is 0 Å². The van der Waals surface area contributed by atoms with E-state index in [-0.39, 0.29) is 6.54 Å². The molecule has 0 radical (unpaired) electrons. The van der Waals surface area contributed by atoms with Crippen molar-refractivity contribution >= 4 is 16.2 Å². The number of hydrogen-bond acceptors (Lipinski definition) is 4. The predicted octanol–water partition coefficient (Wildman–Crippen LogP) is -1.44. The van der Waals surface area contributed by atoms with Gasteiger partial charge in [0.2, 0.25) is 0 Å². The Labute approximate surface area is 71.7 Å². The molecule has 0 spiro atoms. The normalized spacial score (nSPS) is 11.7. The molecule has 0 heterocycles. The van der Waals surface area contributed by atoms with E-state index in [0.29, 0.717) is 0 Å². The number of esters is 1. The number of nitrogens with one attached hydrogen (secondary N) is 1. The van der Waals surface area contributed by atoms with Crippen LogP contribution in [0.4, 0.5) is 0 Å². The highest BCUT2D eigenvalue weighted by Gasteiger charge is 2.17. The van der Waals surface area contributed by atoms with E-state index in [1.807, 2.05) is 0 Å².